The minimum absolute atomic E-state index is 0.332. The van der Waals surface area contributed by atoms with Crippen LogP contribution in [0.25, 0.3) is 0 Å². The normalized spacial score (nSPS) is 11.9. The van der Waals surface area contributed by atoms with Crippen LogP contribution in [-0.4, -0.2) is 28.3 Å². The number of anilines is 3. The van der Waals surface area contributed by atoms with Gasteiger partial charge in [0.15, 0.2) is 5.82 Å². The number of benzene rings is 1. The number of aromatic nitrogens is 3. The molecule has 0 bridgehead atoms. The van der Waals surface area contributed by atoms with Gasteiger partial charge in [-0.3, -0.25) is 0 Å². The Labute approximate surface area is 113 Å². The highest BCUT2D eigenvalue weighted by Gasteiger charge is 2.08. The Kier molecular flexibility index (Phi) is 4.28. The predicted octanol–water partition coefficient (Wildman–Crippen LogP) is 2.85. The predicted molar refractivity (Wildman–Crippen MR) is 77.7 cm³/mol. The lowest BCUT2D eigenvalue weighted by Gasteiger charge is -2.18. The molecule has 0 fully saturated rings. The zero-order chi connectivity index (χ0) is 13.7. The van der Waals surface area contributed by atoms with Gasteiger partial charge in [-0.05, 0) is 25.5 Å². The Bertz CT molecular complexity index is 514. The highest BCUT2D eigenvalue weighted by Crippen LogP contribution is 2.20. The first-order valence-corrected chi connectivity index (χ1v) is 6.45. The third-order valence-electron chi connectivity index (χ3n) is 3.02. The summed E-state index contributed by atoms with van der Waals surface area (Å²) in [6.07, 6.45) is 2.68. The molecule has 1 N–H and O–H groups in total. The van der Waals surface area contributed by atoms with Gasteiger partial charge in [-0.2, -0.15) is 10.1 Å². The van der Waals surface area contributed by atoms with E-state index in [2.05, 4.69) is 34.3 Å². The molecule has 2 aromatic rings. The topological polar surface area (TPSA) is 53.9 Å². The van der Waals surface area contributed by atoms with Crippen LogP contribution in [-0.2, 0) is 0 Å². The molecule has 0 amide bonds. The molecule has 5 heteroatoms. The Hall–Kier alpha value is -2.17. The first kappa shape index (κ1) is 13.3. The van der Waals surface area contributed by atoms with Crippen LogP contribution in [0.4, 0.5) is 17.5 Å². The molecule has 100 valence electrons. The van der Waals surface area contributed by atoms with Gasteiger partial charge in [0.05, 0.1) is 6.20 Å². The molecule has 0 aliphatic carbocycles. The molecule has 2 rings (SSSR count). The van der Waals surface area contributed by atoms with Crippen molar-refractivity contribution in [1.29, 1.82) is 0 Å². The Morgan fingerprint density at radius 2 is 2.00 bits per heavy atom. The lowest BCUT2D eigenvalue weighted by Crippen LogP contribution is -2.18. The monoisotopic (exact) mass is 257 g/mol. The lowest BCUT2D eigenvalue weighted by atomic mass is 10.3. The van der Waals surface area contributed by atoms with E-state index in [1.54, 1.807) is 6.20 Å². The van der Waals surface area contributed by atoms with Gasteiger partial charge in [-0.1, -0.05) is 25.1 Å². The van der Waals surface area contributed by atoms with E-state index in [-0.39, 0.29) is 0 Å². The van der Waals surface area contributed by atoms with Gasteiger partial charge in [0.1, 0.15) is 0 Å². The summed E-state index contributed by atoms with van der Waals surface area (Å²) in [4.78, 5) is 6.46. The first-order valence-electron chi connectivity index (χ1n) is 6.45. The van der Waals surface area contributed by atoms with Gasteiger partial charge < -0.3 is 10.2 Å². The van der Waals surface area contributed by atoms with Crippen LogP contribution in [0.3, 0.4) is 0 Å². The fourth-order valence-electron chi connectivity index (χ4n) is 1.62. The molecule has 1 aromatic heterocycles. The Balaban J connectivity index is 2.19. The molecular formula is C14H19N5. The van der Waals surface area contributed by atoms with Crippen LogP contribution in [0.1, 0.15) is 20.3 Å². The van der Waals surface area contributed by atoms with Gasteiger partial charge in [-0.25, -0.2) is 0 Å². The molecule has 0 radical (unpaired) electrons. The fraction of sp³-hybridized carbons (Fsp3) is 0.357. The third-order valence-corrected chi connectivity index (χ3v) is 3.02. The van der Waals surface area contributed by atoms with Crippen LogP contribution in [0.5, 0.6) is 0 Å². The maximum absolute atomic E-state index is 4.48. The lowest BCUT2D eigenvalue weighted by molar-refractivity contribution is 0.745. The van der Waals surface area contributed by atoms with Crippen molar-refractivity contribution in [2.24, 2.45) is 0 Å². The van der Waals surface area contributed by atoms with Crippen LogP contribution in [0, 0.1) is 0 Å². The highest BCUT2D eigenvalue weighted by molar-refractivity contribution is 5.58. The molecule has 0 aliphatic rings. The van der Waals surface area contributed by atoms with Crippen molar-refractivity contribution in [3.8, 4) is 0 Å². The van der Waals surface area contributed by atoms with E-state index in [4.69, 9.17) is 0 Å². The molecule has 0 aliphatic heterocycles. The highest BCUT2D eigenvalue weighted by atomic mass is 15.3. The number of rotatable bonds is 5. The van der Waals surface area contributed by atoms with E-state index in [9.17, 15) is 0 Å². The fourth-order valence-corrected chi connectivity index (χ4v) is 1.62. The quantitative estimate of drug-likeness (QED) is 0.892. The SMILES string of the molecule is CCC(C)Nc1nncc(N(C)c2ccccc2)n1. The number of para-hydroxylation sites is 1. The molecule has 0 saturated heterocycles. The zero-order valence-corrected chi connectivity index (χ0v) is 11.5. The molecule has 1 aromatic carbocycles. The van der Waals surface area contributed by atoms with Crippen molar-refractivity contribution < 1.29 is 0 Å². The summed E-state index contributed by atoms with van der Waals surface area (Å²) >= 11 is 0. The summed E-state index contributed by atoms with van der Waals surface area (Å²) < 4.78 is 0. The van der Waals surface area contributed by atoms with Crippen LogP contribution >= 0.6 is 0 Å². The van der Waals surface area contributed by atoms with Crippen molar-refractivity contribution >= 4 is 17.5 Å². The average molecular weight is 257 g/mol. The summed E-state index contributed by atoms with van der Waals surface area (Å²) in [6, 6.07) is 10.4. The second kappa shape index (κ2) is 6.13. The summed E-state index contributed by atoms with van der Waals surface area (Å²) in [5.41, 5.74) is 1.07. The molecule has 0 spiro atoms. The average Bonchev–Trinajstić information content (AvgIpc) is 2.47. The van der Waals surface area contributed by atoms with Crippen molar-refractivity contribution in [1.82, 2.24) is 15.2 Å². The van der Waals surface area contributed by atoms with Crippen LogP contribution < -0.4 is 10.2 Å². The van der Waals surface area contributed by atoms with Crippen molar-refractivity contribution in [3.63, 3.8) is 0 Å². The number of hydrogen-bond acceptors (Lipinski definition) is 5. The van der Waals surface area contributed by atoms with Gasteiger partial charge in [0.25, 0.3) is 0 Å². The molecule has 1 unspecified atom stereocenters. The van der Waals surface area contributed by atoms with E-state index in [0.29, 0.717) is 12.0 Å². The van der Waals surface area contributed by atoms with E-state index < -0.39 is 0 Å². The second-order valence-electron chi connectivity index (χ2n) is 4.49. The molecular weight excluding hydrogens is 238 g/mol. The molecule has 1 atom stereocenters. The molecule has 5 nitrogen and oxygen atoms in total. The van der Waals surface area contributed by atoms with Gasteiger partial charge in [0, 0.05) is 18.8 Å². The van der Waals surface area contributed by atoms with E-state index in [1.807, 2.05) is 42.3 Å². The van der Waals surface area contributed by atoms with Crippen LogP contribution in [0.15, 0.2) is 36.5 Å². The number of nitrogens with one attached hydrogen (secondary N) is 1. The number of hydrogen-bond donors (Lipinski definition) is 1. The summed E-state index contributed by atoms with van der Waals surface area (Å²) in [5.74, 6) is 1.33. The summed E-state index contributed by atoms with van der Waals surface area (Å²) in [6.45, 7) is 4.21. The third kappa shape index (κ3) is 3.40. The van der Waals surface area contributed by atoms with E-state index in [0.717, 1.165) is 17.9 Å². The number of nitrogens with zero attached hydrogens (tertiary/aromatic N) is 4. The van der Waals surface area contributed by atoms with Crippen molar-refractivity contribution in [3.05, 3.63) is 36.5 Å². The summed E-state index contributed by atoms with van der Waals surface area (Å²) in [5, 5.41) is 11.2. The smallest absolute Gasteiger partial charge is 0.244 e. The molecule has 1 heterocycles. The Morgan fingerprint density at radius 3 is 2.68 bits per heavy atom. The molecule has 0 saturated carbocycles. The summed E-state index contributed by atoms with van der Waals surface area (Å²) in [7, 11) is 1.96. The van der Waals surface area contributed by atoms with Crippen molar-refractivity contribution in [2.45, 2.75) is 26.3 Å². The van der Waals surface area contributed by atoms with Gasteiger partial charge in [0.2, 0.25) is 5.95 Å². The minimum Gasteiger partial charge on any atom is -0.350 e. The zero-order valence-electron chi connectivity index (χ0n) is 11.5. The van der Waals surface area contributed by atoms with E-state index >= 15 is 0 Å². The maximum atomic E-state index is 4.48. The standard InChI is InChI=1S/C14H19N5/c1-4-11(2)16-14-17-13(10-15-18-14)19(3)12-8-6-5-7-9-12/h5-11H,4H2,1-3H3,(H,16,17,18). The minimum atomic E-state index is 0.332. The van der Waals surface area contributed by atoms with Crippen molar-refractivity contribution in [2.75, 3.05) is 17.3 Å². The first-order chi connectivity index (χ1) is 9.20. The molecule has 19 heavy (non-hydrogen) atoms. The van der Waals surface area contributed by atoms with Crippen LogP contribution in [0.2, 0.25) is 0 Å². The second-order valence-corrected chi connectivity index (χ2v) is 4.49. The largest absolute Gasteiger partial charge is 0.350 e. The Morgan fingerprint density at radius 1 is 1.26 bits per heavy atom. The van der Waals surface area contributed by atoms with E-state index in [1.165, 1.54) is 0 Å². The maximum Gasteiger partial charge on any atom is 0.244 e. The van der Waals surface area contributed by atoms with Gasteiger partial charge in [-0.15, -0.1) is 5.10 Å². The van der Waals surface area contributed by atoms with Gasteiger partial charge >= 0.3 is 0 Å².